The number of hydrogen-bond acceptors (Lipinski definition) is 7. The number of nitro groups is 1. The molecule has 0 aliphatic rings. The van der Waals surface area contributed by atoms with Crippen LogP contribution >= 0.6 is 0 Å². The number of benzene rings is 2. The smallest absolute Gasteiger partial charge is 0.270 e. The van der Waals surface area contributed by atoms with E-state index in [-0.39, 0.29) is 11.5 Å². The van der Waals surface area contributed by atoms with Crippen LogP contribution in [-0.4, -0.2) is 30.9 Å². The maximum absolute atomic E-state index is 12.5. The highest BCUT2D eigenvalue weighted by atomic mass is 16.6. The highest BCUT2D eigenvalue weighted by molar-refractivity contribution is 6.07. The van der Waals surface area contributed by atoms with Crippen LogP contribution in [-0.2, 0) is 0 Å². The summed E-state index contributed by atoms with van der Waals surface area (Å²) in [4.78, 5) is 22.9. The van der Waals surface area contributed by atoms with Gasteiger partial charge in [-0.05, 0) is 46.8 Å². The maximum atomic E-state index is 12.5. The zero-order valence-corrected chi connectivity index (χ0v) is 14.9. The Balaban J connectivity index is 1.52. The van der Waals surface area contributed by atoms with Crippen molar-refractivity contribution in [2.24, 2.45) is 0 Å². The van der Waals surface area contributed by atoms with Crippen molar-refractivity contribution in [3.05, 3.63) is 94.5 Å². The molecule has 2 aromatic heterocycles. The lowest BCUT2D eigenvalue weighted by atomic mass is 10.1. The van der Waals surface area contributed by atoms with Crippen molar-refractivity contribution in [1.82, 2.24) is 20.2 Å². The van der Waals surface area contributed by atoms with E-state index in [2.05, 4.69) is 15.5 Å². The standard InChI is InChI=1S/C20H13N5O4/c26-19(14-3-1-5-16(11-14)24-13-21-22-23-24)9-7-18-8-10-20(29-18)15-4-2-6-17(12-15)25(27)28/h1-13H/b9-7+. The van der Waals surface area contributed by atoms with Gasteiger partial charge in [-0.25, -0.2) is 4.68 Å². The van der Waals surface area contributed by atoms with Gasteiger partial charge in [0.1, 0.15) is 17.8 Å². The van der Waals surface area contributed by atoms with Crippen molar-refractivity contribution < 1.29 is 14.1 Å². The van der Waals surface area contributed by atoms with Gasteiger partial charge < -0.3 is 4.42 Å². The van der Waals surface area contributed by atoms with Crippen LogP contribution in [0.2, 0.25) is 0 Å². The number of tetrazole rings is 1. The molecule has 0 radical (unpaired) electrons. The molecule has 0 unspecified atom stereocenters. The summed E-state index contributed by atoms with van der Waals surface area (Å²) in [5.74, 6) is 0.714. The van der Waals surface area contributed by atoms with Crippen molar-refractivity contribution in [3.8, 4) is 17.0 Å². The van der Waals surface area contributed by atoms with Gasteiger partial charge in [-0.15, -0.1) is 5.10 Å². The molecule has 0 fully saturated rings. The fourth-order valence-electron chi connectivity index (χ4n) is 2.71. The first-order chi connectivity index (χ1) is 14.1. The molecule has 0 aliphatic heterocycles. The summed E-state index contributed by atoms with van der Waals surface area (Å²) >= 11 is 0. The third-order valence-electron chi connectivity index (χ3n) is 4.11. The molecule has 0 atom stereocenters. The highest BCUT2D eigenvalue weighted by Crippen LogP contribution is 2.26. The first-order valence-electron chi connectivity index (χ1n) is 8.51. The summed E-state index contributed by atoms with van der Waals surface area (Å²) in [6, 6.07) is 16.4. The number of carbonyl (C=O) groups is 1. The molecule has 0 amide bonds. The van der Waals surface area contributed by atoms with E-state index in [1.54, 1.807) is 54.6 Å². The van der Waals surface area contributed by atoms with Crippen LogP contribution in [0.25, 0.3) is 23.1 Å². The van der Waals surface area contributed by atoms with Crippen LogP contribution in [0.3, 0.4) is 0 Å². The predicted octanol–water partition coefficient (Wildman–Crippen LogP) is 3.73. The van der Waals surface area contributed by atoms with Crippen molar-refractivity contribution in [2.45, 2.75) is 0 Å². The van der Waals surface area contributed by atoms with Crippen molar-refractivity contribution in [1.29, 1.82) is 0 Å². The number of carbonyl (C=O) groups excluding carboxylic acids is 1. The lowest BCUT2D eigenvalue weighted by molar-refractivity contribution is -0.384. The van der Waals surface area contributed by atoms with Gasteiger partial charge in [0.05, 0.1) is 10.6 Å². The SMILES string of the molecule is O=C(/C=C/c1ccc(-c2cccc([N+](=O)[O-])c2)o1)c1cccc(-n2cnnn2)c1. The molecule has 0 saturated heterocycles. The van der Waals surface area contributed by atoms with Gasteiger partial charge in [-0.1, -0.05) is 24.3 Å². The summed E-state index contributed by atoms with van der Waals surface area (Å²) in [6.07, 6.45) is 4.39. The molecule has 9 heteroatoms. The summed E-state index contributed by atoms with van der Waals surface area (Å²) in [5, 5.41) is 21.9. The average Bonchev–Trinajstić information content (AvgIpc) is 3.44. The summed E-state index contributed by atoms with van der Waals surface area (Å²) in [7, 11) is 0. The van der Waals surface area contributed by atoms with Gasteiger partial charge in [0.25, 0.3) is 5.69 Å². The molecular formula is C20H13N5O4. The molecule has 2 heterocycles. The summed E-state index contributed by atoms with van der Waals surface area (Å²) in [6.45, 7) is 0. The van der Waals surface area contributed by atoms with E-state index < -0.39 is 4.92 Å². The molecule has 0 N–H and O–H groups in total. The molecule has 29 heavy (non-hydrogen) atoms. The van der Waals surface area contributed by atoms with Crippen molar-refractivity contribution in [3.63, 3.8) is 0 Å². The Labute approximate surface area is 164 Å². The van der Waals surface area contributed by atoms with E-state index in [4.69, 9.17) is 4.42 Å². The fraction of sp³-hybridized carbons (Fsp3) is 0. The van der Waals surface area contributed by atoms with Gasteiger partial charge in [-0.3, -0.25) is 14.9 Å². The van der Waals surface area contributed by atoms with Crippen LogP contribution in [0, 0.1) is 10.1 Å². The molecule has 0 spiro atoms. The number of nitrogens with zero attached hydrogens (tertiary/aromatic N) is 5. The topological polar surface area (TPSA) is 117 Å². The normalized spacial score (nSPS) is 11.0. The average molecular weight is 387 g/mol. The van der Waals surface area contributed by atoms with Gasteiger partial charge in [-0.2, -0.15) is 0 Å². The van der Waals surface area contributed by atoms with E-state index >= 15 is 0 Å². The van der Waals surface area contributed by atoms with Crippen LogP contribution in [0.5, 0.6) is 0 Å². The summed E-state index contributed by atoms with van der Waals surface area (Å²) < 4.78 is 7.14. The van der Waals surface area contributed by atoms with Crippen molar-refractivity contribution >= 4 is 17.5 Å². The van der Waals surface area contributed by atoms with Crippen LogP contribution in [0.4, 0.5) is 5.69 Å². The Morgan fingerprint density at radius 1 is 1.10 bits per heavy atom. The Hall–Kier alpha value is -4.40. The molecule has 9 nitrogen and oxygen atoms in total. The molecule has 4 aromatic rings. The molecule has 142 valence electrons. The predicted molar refractivity (Wildman–Crippen MR) is 103 cm³/mol. The number of nitro benzene ring substituents is 1. The second kappa shape index (κ2) is 7.69. The largest absolute Gasteiger partial charge is 0.457 e. The summed E-state index contributed by atoms with van der Waals surface area (Å²) in [5.41, 5.74) is 1.70. The number of non-ortho nitro benzene ring substituents is 1. The van der Waals surface area contributed by atoms with E-state index in [0.717, 1.165) is 0 Å². The van der Waals surface area contributed by atoms with Crippen LogP contribution < -0.4 is 0 Å². The van der Waals surface area contributed by atoms with Crippen LogP contribution in [0.15, 0.2) is 77.5 Å². The lowest BCUT2D eigenvalue weighted by Crippen LogP contribution is -1.99. The minimum atomic E-state index is -0.463. The van der Waals surface area contributed by atoms with Gasteiger partial charge in [0, 0.05) is 23.3 Å². The molecule has 0 saturated carbocycles. The molecule has 4 rings (SSSR count). The molecule has 2 aromatic carbocycles. The Morgan fingerprint density at radius 2 is 1.97 bits per heavy atom. The second-order valence-electron chi connectivity index (χ2n) is 6.01. The number of allylic oxidation sites excluding steroid dienone is 1. The van der Waals surface area contributed by atoms with E-state index in [1.807, 2.05) is 0 Å². The van der Waals surface area contributed by atoms with Gasteiger partial charge >= 0.3 is 0 Å². The number of hydrogen-bond donors (Lipinski definition) is 0. The minimum absolute atomic E-state index is 0.0198. The Morgan fingerprint density at radius 3 is 2.76 bits per heavy atom. The minimum Gasteiger partial charge on any atom is -0.457 e. The number of ketones is 1. The monoisotopic (exact) mass is 387 g/mol. The number of rotatable bonds is 6. The van der Waals surface area contributed by atoms with E-state index in [0.29, 0.717) is 28.3 Å². The Bertz CT molecular complexity index is 1210. The van der Waals surface area contributed by atoms with Crippen LogP contribution in [0.1, 0.15) is 16.1 Å². The molecular weight excluding hydrogens is 374 g/mol. The highest BCUT2D eigenvalue weighted by Gasteiger charge is 2.10. The molecule has 0 bridgehead atoms. The number of aromatic nitrogens is 4. The fourth-order valence-corrected chi connectivity index (χ4v) is 2.71. The maximum Gasteiger partial charge on any atom is 0.270 e. The third-order valence-corrected chi connectivity index (χ3v) is 4.11. The third kappa shape index (κ3) is 3.98. The Kier molecular flexibility index (Phi) is 4.77. The van der Waals surface area contributed by atoms with E-state index in [9.17, 15) is 14.9 Å². The zero-order chi connectivity index (χ0) is 20.2. The molecule has 0 aliphatic carbocycles. The first-order valence-corrected chi connectivity index (χ1v) is 8.51. The lowest BCUT2D eigenvalue weighted by Gasteiger charge is -2.01. The first kappa shape index (κ1) is 18.0. The zero-order valence-electron chi connectivity index (χ0n) is 14.9. The second-order valence-corrected chi connectivity index (χ2v) is 6.01. The van der Waals surface area contributed by atoms with Gasteiger partial charge in [0.2, 0.25) is 0 Å². The quantitative estimate of drug-likeness (QED) is 0.214. The van der Waals surface area contributed by atoms with Crippen molar-refractivity contribution in [2.75, 3.05) is 0 Å². The van der Waals surface area contributed by atoms with E-state index in [1.165, 1.54) is 29.2 Å². The number of furan rings is 1. The van der Waals surface area contributed by atoms with Gasteiger partial charge in [0.15, 0.2) is 5.78 Å².